The Bertz CT molecular complexity index is 1490. The topological polar surface area (TPSA) is 73.1 Å². The van der Waals surface area contributed by atoms with Crippen molar-refractivity contribution in [2.24, 2.45) is 4.99 Å². The third kappa shape index (κ3) is 4.48. The van der Waals surface area contributed by atoms with Gasteiger partial charge in [0.15, 0.2) is 4.80 Å². The summed E-state index contributed by atoms with van der Waals surface area (Å²) in [6.07, 6.45) is 4.35. The molecule has 3 aromatic rings. The third-order valence-electron chi connectivity index (χ3n) is 6.59. The molecule has 0 radical (unpaired) electrons. The number of fused-ring (bicyclic) bond motifs is 1. The summed E-state index contributed by atoms with van der Waals surface area (Å²) in [4.78, 5) is 34.3. The standard InChI is InChI=1S/C28H29N3O4S/c1-4-35-27(33)24-18(2)29-28-31(25(24)20-8-7-9-22(17-20)34-3)26(32)23(36-28)16-19-10-12-21(13-11-19)30-14-5-6-15-30/h7-13,16-17,25H,4-6,14-15H2,1-3H3/b23-16+/t25-/m1/s1. The lowest BCUT2D eigenvalue weighted by Crippen LogP contribution is -2.39. The monoisotopic (exact) mass is 503 g/mol. The van der Waals surface area contributed by atoms with Crippen LogP contribution >= 0.6 is 11.3 Å². The van der Waals surface area contributed by atoms with E-state index in [4.69, 9.17) is 9.47 Å². The molecule has 7 nitrogen and oxygen atoms in total. The molecule has 0 saturated carbocycles. The van der Waals surface area contributed by atoms with Crippen LogP contribution in [0.3, 0.4) is 0 Å². The number of thiazole rings is 1. The highest BCUT2D eigenvalue weighted by molar-refractivity contribution is 7.07. The van der Waals surface area contributed by atoms with E-state index in [1.54, 1.807) is 25.5 Å². The molecule has 0 aliphatic carbocycles. The average Bonchev–Trinajstić information content (AvgIpc) is 3.52. The fourth-order valence-corrected chi connectivity index (χ4v) is 5.87. The third-order valence-corrected chi connectivity index (χ3v) is 7.57. The van der Waals surface area contributed by atoms with Crippen molar-refractivity contribution < 1.29 is 14.3 Å². The van der Waals surface area contributed by atoms with Gasteiger partial charge in [0.05, 0.1) is 35.6 Å². The minimum atomic E-state index is -0.657. The van der Waals surface area contributed by atoms with Crippen molar-refractivity contribution in [1.82, 2.24) is 4.57 Å². The van der Waals surface area contributed by atoms with E-state index in [1.165, 1.54) is 29.9 Å². The van der Waals surface area contributed by atoms with Crippen LogP contribution in [0.15, 0.2) is 69.6 Å². The average molecular weight is 504 g/mol. The van der Waals surface area contributed by atoms with Gasteiger partial charge in [-0.05, 0) is 68.2 Å². The molecule has 0 N–H and O–H groups in total. The molecule has 1 atom stereocenters. The summed E-state index contributed by atoms with van der Waals surface area (Å²) in [7, 11) is 1.59. The number of esters is 1. The van der Waals surface area contributed by atoms with E-state index in [2.05, 4.69) is 22.0 Å². The summed E-state index contributed by atoms with van der Waals surface area (Å²) in [5.41, 5.74) is 3.63. The van der Waals surface area contributed by atoms with Gasteiger partial charge in [0.2, 0.25) is 0 Å². The van der Waals surface area contributed by atoms with Crippen LogP contribution in [0, 0.1) is 0 Å². The van der Waals surface area contributed by atoms with Crippen LogP contribution in [0.1, 0.15) is 43.9 Å². The van der Waals surface area contributed by atoms with Crippen molar-refractivity contribution in [3.63, 3.8) is 0 Å². The molecule has 8 heteroatoms. The lowest BCUT2D eigenvalue weighted by molar-refractivity contribution is -0.139. The smallest absolute Gasteiger partial charge is 0.338 e. The molecule has 0 bridgehead atoms. The van der Waals surface area contributed by atoms with E-state index >= 15 is 0 Å². The van der Waals surface area contributed by atoms with Gasteiger partial charge in [0.1, 0.15) is 5.75 Å². The van der Waals surface area contributed by atoms with Crippen LogP contribution in [0.5, 0.6) is 5.75 Å². The van der Waals surface area contributed by atoms with E-state index in [0.717, 1.165) is 24.2 Å². The van der Waals surface area contributed by atoms with Crippen molar-refractivity contribution >= 4 is 29.1 Å². The minimum absolute atomic E-state index is 0.190. The molecular weight excluding hydrogens is 474 g/mol. The molecule has 2 aliphatic rings. The fraction of sp³-hybridized carbons (Fsp3) is 0.321. The number of aromatic nitrogens is 1. The first kappa shape index (κ1) is 24.1. The zero-order valence-electron chi connectivity index (χ0n) is 20.7. The van der Waals surface area contributed by atoms with Gasteiger partial charge in [-0.2, -0.15) is 0 Å². The molecule has 2 aliphatic heterocycles. The Labute approximate surface area is 213 Å². The summed E-state index contributed by atoms with van der Waals surface area (Å²) < 4.78 is 12.9. The van der Waals surface area contributed by atoms with Crippen LogP contribution < -0.4 is 24.5 Å². The molecule has 1 aromatic heterocycles. The number of anilines is 1. The van der Waals surface area contributed by atoms with Gasteiger partial charge in [-0.25, -0.2) is 9.79 Å². The zero-order chi connectivity index (χ0) is 25.2. The summed E-state index contributed by atoms with van der Waals surface area (Å²) in [5, 5.41) is 0. The fourth-order valence-electron chi connectivity index (χ4n) is 4.83. The van der Waals surface area contributed by atoms with E-state index in [1.807, 2.05) is 42.5 Å². The zero-order valence-corrected chi connectivity index (χ0v) is 21.5. The van der Waals surface area contributed by atoms with Gasteiger partial charge in [-0.3, -0.25) is 9.36 Å². The van der Waals surface area contributed by atoms with Crippen LogP contribution in [-0.4, -0.2) is 37.3 Å². The maximum Gasteiger partial charge on any atom is 0.338 e. The van der Waals surface area contributed by atoms with Gasteiger partial charge < -0.3 is 14.4 Å². The number of hydrogen-bond acceptors (Lipinski definition) is 7. The second-order valence-electron chi connectivity index (χ2n) is 8.86. The first-order chi connectivity index (χ1) is 17.5. The number of allylic oxidation sites excluding steroid dienone is 1. The Kier molecular flexibility index (Phi) is 6.78. The summed E-state index contributed by atoms with van der Waals surface area (Å²) in [6.45, 7) is 5.96. The summed E-state index contributed by atoms with van der Waals surface area (Å²) >= 11 is 1.33. The van der Waals surface area contributed by atoms with Crippen molar-refractivity contribution in [2.45, 2.75) is 32.7 Å². The number of benzene rings is 2. The highest BCUT2D eigenvalue weighted by Crippen LogP contribution is 2.32. The minimum Gasteiger partial charge on any atom is -0.497 e. The highest BCUT2D eigenvalue weighted by atomic mass is 32.1. The first-order valence-electron chi connectivity index (χ1n) is 12.2. The number of hydrogen-bond donors (Lipinski definition) is 0. The van der Waals surface area contributed by atoms with Gasteiger partial charge in [0.25, 0.3) is 5.56 Å². The summed E-state index contributed by atoms with van der Waals surface area (Å²) in [6, 6.07) is 15.1. The van der Waals surface area contributed by atoms with Gasteiger partial charge in [-0.15, -0.1) is 0 Å². The Hall–Kier alpha value is -3.65. The van der Waals surface area contributed by atoms with Crippen LogP contribution in [-0.2, 0) is 9.53 Å². The maximum absolute atomic E-state index is 13.7. The molecule has 0 amide bonds. The van der Waals surface area contributed by atoms with Crippen molar-refractivity contribution in [1.29, 1.82) is 0 Å². The Balaban J connectivity index is 1.62. The number of methoxy groups -OCH3 is 1. The number of carbonyl (C=O) groups excluding carboxylic acids is 1. The van der Waals surface area contributed by atoms with Crippen molar-refractivity contribution in [3.8, 4) is 5.75 Å². The highest BCUT2D eigenvalue weighted by Gasteiger charge is 2.33. The lowest BCUT2D eigenvalue weighted by atomic mass is 9.95. The molecule has 1 fully saturated rings. The second-order valence-corrected chi connectivity index (χ2v) is 9.87. The molecule has 1 saturated heterocycles. The normalized spacial score (nSPS) is 17.7. The van der Waals surface area contributed by atoms with Gasteiger partial charge >= 0.3 is 5.97 Å². The molecule has 0 unspecified atom stereocenters. The molecule has 2 aromatic carbocycles. The van der Waals surface area contributed by atoms with Crippen LogP contribution in [0.25, 0.3) is 6.08 Å². The van der Waals surface area contributed by atoms with E-state index in [-0.39, 0.29) is 12.2 Å². The predicted octanol–water partition coefficient (Wildman–Crippen LogP) is 3.41. The van der Waals surface area contributed by atoms with Crippen molar-refractivity contribution in [2.75, 3.05) is 31.7 Å². The molecule has 36 heavy (non-hydrogen) atoms. The van der Waals surface area contributed by atoms with Gasteiger partial charge in [-0.1, -0.05) is 35.6 Å². The van der Waals surface area contributed by atoms with E-state index in [9.17, 15) is 9.59 Å². The number of carbonyl (C=O) groups is 1. The molecule has 186 valence electrons. The number of ether oxygens (including phenoxy) is 2. The quantitative estimate of drug-likeness (QED) is 0.482. The Morgan fingerprint density at radius 1 is 1.17 bits per heavy atom. The van der Waals surface area contributed by atoms with Gasteiger partial charge in [0, 0.05) is 18.8 Å². The summed E-state index contributed by atoms with van der Waals surface area (Å²) in [5.74, 6) is 0.170. The lowest BCUT2D eigenvalue weighted by Gasteiger charge is -2.25. The van der Waals surface area contributed by atoms with Crippen molar-refractivity contribution in [3.05, 3.63) is 90.6 Å². The Morgan fingerprint density at radius 2 is 1.92 bits per heavy atom. The predicted molar refractivity (Wildman–Crippen MR) is 141 cm³/mol. The first-order valence-corrected chi connectivity index (χ1v) is 13.0. The molecule has 0 spiro atoms. The molecular formula is C28H29N3O4S. The Morgan fingerprint density at radius 3 is 2.61 bits per heavy atom. The number of rotatable bonds is 6. The molecule has 5 rings (SSSR count). The second kappa shape index (κ2) is 10.1. The van der Waals surface area contributed by atoms with E-state index < -0.39 is 12.0 Å². The largest absolute Gasteiger partial charge is 0.497 e. The number of nitrogens with zero attached hydrogens (tertiary/aromatic N) is 3. The van der Waals surface area contributed by atoms with E-state index in [0.29, 0.717) is 26.4 Å². The molecule has 3 heterocycles. The maximum atomic E-state index is 13.7. The SMILES string of the molecule is CCOC(=O)C1=C(C)N=c2s/c(=C/c3ccc(N4CCCC4)cc3)c(=O)n2[C@@H]1c1cccc(OC)c1. The van der Waals surface area contributed by atoms with Crippen LogP contribution in [0.4, 0.5) is 5.69 Å². The van der Waals surface area contributed by atoms with Crippen LogP contribution in [0.2, 0.25) is 0 Å².